The zero-order valence-electron chi connectivity index (χ0n) is 11.0. The maximum atomic E-state index is 13.5. The second-order valence-corrected chi connectivity index (χ2v) is 4.83. The number of nitrogens with one attached hydrogen (secondary N) is 1. The van der Waals surface area contributed by atoms with Crippen LogP contribution in [0.4, 0.5) is 15.8 Å². The number of para-hydroxylation sites is 1. The number of benzene rings is 2. The minimum atomic E-state index is -0.170. The first kappa shape index (κ1) is 12.2. The Hall–Kier alpha value is -1.87. The van der Waals surface area contributed by atoms with Gasteiger partial charge in [0.1, 0.15) is 5.82 Å². The summed E-state index contributed by atoms with van der Waals surface area (Å²) >= 11 is 0. The van der Waals surface area contributed by atoms with Crippen molar-refractivity contribution < 1.29 is 4.39 Å². The molecule has 98 valence electrons. The van der Waals surface area contributed by atoms with Crippen LogP contribution in [0.25, 0.3) is 0 Å². The van der Waals surface area contributed by atoms with E-state index in [0.717, 1.165) is 25.2 Å². The molecule has 1 aliphatic rings. The molecule has 2 nitrogen and oxygen atoms in total. The highest BCUT2D eigenvalue weighted by atomic mass is 19.1. The topological polar surface area (TPSA) is 15.3 Å². The predicted molar refractivity (Wildman–Crippen MR) is 76.3 cm³/mol. The molecule has 0 aromatic heterocycles. The van der Waals surface area contributed by atoms with Gasteiger partial charge in [0.05, 0.1) is 0 Å². The van der Waals surface area contributed by atoms with E-state index in [1.807, 2.05) is 25.2 Å². The molecular weight excluding hydrogens is 239 g/mol. The van der Waals surface area contributed by atoms with Gasteiger partial charge in [0, 0.05) is 24.5 Å². The van der Waals surface area contributed by atoms with E-state index in [2.05, 4.69) is 22.3 Å². The summed E-state index contributed by atoms with van der Waals surface area (Å²) in [6.07, 6.45) is 0.976. The molecule has 19 heavy (non-hydrogen) atoms. The van der Waals surface area contributed by atoms with Crippen LogP contribution in [0, 0.1) is 5.82 Å². The summed E-state index contributed by atoms with van der Waals surface area (Å²) in [5.74, 6) is -0.170. The van der Waals surface area contributed by atoms with Crippen LogP contribution in [0.3, 0.4) is 0 Å². The summed E-state index contributed by atoms with van der Waals surface area (Å²) in [5, 5.41) is 3.18. The number of anilines is 2. The zero-order chi connectivity index (χ0) is 13.2. The molecule has 2 aromatic carbocycles. The van der Waals surface area contributed by atoms with E-state index in [1.54, 1.807) is 12.1 Å². The van der Waals surface area contributed by atoms with Gasteiger partial charge in [0.15, 0.2) is 0 Å². The zero-order valence-corrected chi connectivity index (χ0v) is 11.0. The molecule has 0 spiro atoms. The first-order chi connectivity index (χ1) is 9.29. The fourth-order valence-corrected chi connectivity index (χ4v) is 2.72. The molecule has 0 radical (unpaired) electrons. The Kier molecular flexibility index (Phi) is 3.22. The lowest BCUT2D eigenvalue weighted by molar-refractivity contribution is 0.628. The lowest BCUT2D eigenvalue weighted by atomic mass is 10.1. The number of nitrogens with zero attached hydrogens (tertiary/aromatic N) is 1. The molecule has 1 N–H and O–H groups in total. The second kappa shape index (κ2) is 5.02. The van der Waals surface area contributed by atoms with E-state index < -0.39 is 0 Å². The van der Waals surface area contributed by atoms with Crippen molar-refractivity contribution in [2.75, 3.05) is 18.5 Å². The lowest BCUT2D eigenvalue weighted by Gasteiger charge is -2.22. The van der Waals surface area contributed by atoms with Crippen molar-refractivity contribution >= 4 is 11.4 Å². The van der Waals surface area contributed by atoms with Crippen molar-refractivity contribution in [1.82, 2.24) is 5.32 Å². The van der Waals surface area contributed by atoms with E-state index in [-0.39, 0.29) is 5.82 Å². The third-order valence-corrected chi connectivity index (χ3v) is 3.59. The van der Waals surface area contributed by atoms with Crippen molar-refractivity contribution in [3.8, 4) is 0 Å². The number of hydrogen-bond acceptors (Lipinski definition) is 2. The molecule has 3 heteroatoms. The van der Waals surface area contributed by atoms with Gasteiger partial charge < -0.3 is 10.2 Å². The van der Waals surface area contributed by atoms with Crippen LogP contribution in [-0.4, -0.2) is 13.6 Å². The van der Waals surface area contributed by atoms with Crippen LogP contribution in [-0.2, 0) is 13.0 Å². The van der Waals surface area contributed by atoms with Gasteiger partial charge in [-0.05, 0) is 42.8 Å². The summed E-state index contributed by atoms with van der Waals surface area (Å²) in [6.45, 7) is 1.73. The molecule has 0 saturated carbocycles. The first-order valence-electron chi connectivity index (χ1n) is 6.58. The van der Waals surface area contributed by atoms with Crippen LogP contribution in [0.2, 0.25) is 0 Å². The maximum absolute atomic E-state index is 13.5. The van der Waals surface area contributed by atoms with Gasteiger partial charge in [-0.25, -0.2) is 4.39 Å². The highest BCUT2D eigenvalue weighted by Gasteiger charge is 2.22. The minimum Gasteiger partial charge on any atom is -0.341 e. The Balaban J connectivity index is 2.04. The van der Waals surface area contributed by atoms with Crippen molar-refractivity contribution in [2.24, 2.45) is 0 Å². The number of fused-ring (bicyclic) bond motifs is 1. The third kappa shape index (κ3) is 2.22. The molecule has 0 saturated heterocycles. The standard InChI is InChI=1S/C16H17FN2/c1-18-11-13-4-2-3-5-15(13)19-9-8-12-6-7-14(17)10-16(12)19/h2-7,10,18H,8-9,11H2,1H3. The SMILES string of the molecule is CNCc1ccccc1N1CCc2ccc(F)cc21. The third-order valence-electron chi connectivity index (χ3n) is 3.59. The Morgan fingerprint density at radius 1 is 1.16 bits per heavy atom. The number of halogens is 1. The normalized spacial score (nSPS) is 13.7. The fourth-order valence-electron chi connectivity index (χ4n) is 2.72. The summed E-state index contributed by atoms with van der Waals surface area (Å²) in [6, 6.07) is 13.4. The molecule has 0 aliphatic carbocycles. The largest absolute Gasteiger partial charge is 0.341 e. The Morgan fingerprint density at radius 2 is 2.00 bits per heavy atom. The Labute approximate surface area is 112 Å². The molecule has 1 aliphatic heterocycles. The van der Waals surface area contributed by atoms with Crippen LogP contribution < -0.4 is 10.2 Å². The Bertz CT molecular complexity index is 595. The van der Waals surface area contributed by atoms with Gasteiger partial charge in [-0.15, -0.1) is 0 Å². The van der Waals surface area contributed by atoms with Gasteiger partial charge in [0.25, 0.3) is 0 Å². The van der Waals surface area contributed by atoms with Gasteiger partial charge in [0.2, 0.25) is 0 Å². The van der Waals surface area contributed by atoms with E-state index >= 15 is 0 Å². The summed E-state index contributed by atoms with van der Waals surface area (Å²) in [4.78, 5) is 2.21. The molecule has 0 unspecified atom stereocenters. The first-order valence-corrected chi connectivity index (χ1v) is 6.58. The van der Waals surface area contributed by atoms with Crippen molar-refractivity contribution in [3.63, 3.8) is 0 Å². The van der Waals surface area contributed by atoms with Crippen molar-refractivity contribution in [3.05, 3.63) is 59.4 Å². The van der Waals surface area contributed by atoms with Gasteiger partial charge in [-0.2, -0.15) is 0 Å². The molecule has 0 amide bonds. The smallest absolute Gasteiger partial charge is 0.125 e. The molecule has 0 fully saturated rings. The fraction of sp³-hybridized carbons (Fsp3) is 0.250. The summed E-state index contributed by atoms with van der Waals surface area (Å²) in [5.41, 5.74) is 4.63. The molecule has 2 aromatic rings. The predicted octanol–water partition coefficient (Wildman–Crippen LogP) is 3.24. The molecule has 0 bridgehead atoms. The quantitative estimate of drug-likeness (QED) is 0.907. The minimum absolute atomic E-state index is 0.170. The van der Waals surface area contributed by atoms with Gasteiger partial charge >= 0.3 is 0 Å². The van der Waals surface area contributed by atoms with Crippen LogP contribution in [0.1, 0.15) is 11.1 Å². The van der Waals surface area contributed by atoms with E-state index in [1.165, 1.54) is 16.8 Å². The monoisotopic (exact) mass is 256 g/mol. The van der Waals surface area contributed by atoms with E-state index in [4.69, 9.17) is 0 Å². The molecular formula is C16H17FN2. The summed E-state index contributed by atoms with van der Waals surface area (Å²) < 4.78 is 13.5. The average molecular weight is 256 g/mol. The Morgan fingerprint density at radius 3 is 2.84 bits per heavy atom. The van der Waals surface area contributed by atoms with E-state index in [0.29, 0.717) is 0 Å². The molecule has 0 atom stereocenters. The highest BCUT2D eigenvalue weighted by molar-refractivity contribution is 5.72. The molecule has 3 rings (SSSR count). The van der Waals surface area contributed by atoms with E-state index in [9.17, 15) is 4.39 Å². The van der Waals surface area contributed by atoms with Crippen LogP contribution >= 0.6 is 0 Å². The molecule has 1 heterocycles. The van der Waals surface area contributed by atoms with Crippen molar-refractivity contribution in [2.45, 2.75) is 13.0 Å². The second-order valence-electron chi connectivity index (χ2n) is 4.83. The number of rotatable bonds is 3. The van der Waals surface area contributed by atoms with Crippen LogP contribution in [0.5, 0.6) is 0 Å². The maximum Gasteiger partial charge on any atom is 0.125 e. The summed E-state index contributed by atoms with van der Waals surface area (Å²) in [7, 11) is 1.94. The van der Waals surface area contributed by atoms with Crippen LogP contribution in [0.15, 0.2) is 42.5 Å². The highest BCUT2D eigenvalue weighted by Crippen LogP contribution is 2.36. The lowest BCUT2D eigenvalue weighted by Crippen LogP contribution is -2.17. The number of hydrogen-bond donors (Lipinski definition) is 1. The average Bonchev–Trinajstić information content (AvgIpc) is 2.82. The van der Waals surface area contributed by atoms with Crippen molar-refractivity contribution in [1.29, 1.82) is 0 Å². The van der Waals surface area contributed by atoms with Gasteiger partial charge in [-0.1, -0.05) is 24.3 Å². The van der Waals surface area contributed by atoms with Gasteiger partial charge in [-0.3, -0.25) is 0 Å².